The molecule has 0 aliphatic carbocycles. The second-order valence-corrected chi connectivity index (χ2v) is 4.67. The Kier molecular flexibility index (Phi) is 3.55. The monoisotopic (exact) mass is 222 g/mol. The summed E-state index contributed by atoms with van der Waals surface area (Å²) in [6.45, 7) is 5.84. The Morgan fingerprint density at radius 1 is 1.50 bits per heavy atom. The van der Waals surface area contributed by atoms with Gasteiger partial charge in [0.2, 0.25) is 0 Å². The van der Waals surface area contributed by atoms with Crippen LogP contribution in [0.4, 0.5) is 0 Å². The van der Waals surface area contributed by atoms with E-state index in [2.05, 4.69) is 5.32 Å². The van der Waals surface area contributed by atoms with Gasteiger partial charge in [-0.1, -0.05) is 0 Å². The minimum atomic E-state index is -0.429. The molecule has 0 fully saturated rings. The molecule has 0 radical (unpaired) electrons. The van der Waals surface area contributed by atoms with E-state index in [4.69, 9.17) is 5.73 Å². The summed E-state index contributed by atoms with van der Waals surface area (Å²) in [6, 6.07) is 4.74. The van der Waals surface area contributed by atoms with Crippen LogP contribution in [-0.2, 0) is 0 Å². The van der Waals surface area contributed by atoms with Crippen LogP contribution in [0, 0.1) is 6.92 Å². The molecular formula is C12H18N2O2. The molecule has 0 bridgehead atoms. The highest BCUT2D eigenvalue weighted by Crippen LogP contribution is 2.16. The summed E-state index contributed by atoms with van der Waals surface area (Å²) in [6.07, 6.45) is 0. The van der Waals surface area contributed by atoms with Crippen molar-refractivity contribution in [3.05, 3.63) is 29.3 Å². The maximum absolute atomic E-state index is 11.7. The molecule has 0 saturated carbocycles. The van der Waals surface area contributed by atoms with E-state index < -0.39 is 5.54 Å². The van der Waals surface area contributed by atoms with Crippen LogP contribution in [0.5, 0.6) is 5.75 Å². The van der Waals surface area contributed by atoms with Crippen molar-refractivity contribution in [1.82, 2.24) is 5.32 Å². The van der Waals surface area contributed by atoms with Gasteiger partial charge in [-0.25, -0.2) is 0 Å². The number of aromatic hydroxyl groups is 1. The summed E-state index contributed by atoms with van der Waals surface area (Å²) in [5.74, 6) is 0.0114. The Balaban J connectivity index is 2.70. The average molecular weight is 222 g/mol. The van der Waals surface area contributed by atoms with Crippen molar-refractivity contribution in [1.29, 1.82) is 0 Å². The van der Waals surface area contributed by atoms with E-state index in [1.165, 1.54) is 6.07 Å². The predicted octanol–water partition coefficient (Wildman–Crippen LogP) is 1.17. The van der Waals surface area contributed by atoms with Crippen molar-refractivity contribution in [2.24, 2.45) is 5.73 Å². The molecule has 1 aromatic rings. The number of phenolic OH excluding ortho intramolecular Hbond substituents is 1. The topological polar surface area (TPSA) is 75.4 Å². The quantitative estimate of drug-likeness (QED) is 0.718. The van der Waals surface area contributed by atoms with E-state index >= 15 is 0 Å². The van der Waals surface area contributed by atoms with Gasteiger partial charge >= 0.3 is 0 Å². The first-order chi connectivity index (χ1) is 7.29. The molecule has 88 valence electrons. The molecule has 0 aliphatic rings. The van der Waals surface area contributed by atoms with Crippen molar-refractivity contribution in [3.63, 3.8) is 0 Å². The van der Waals surface area contributed by atoms with Crippen LogP contribution in [0.15, 0.2) is 18.2 Å². The molecule has 1 rings (SSSR count). The number of carbonyl (C=O) groups is 1. The van der Waals surface area contributed by atoms with Crippen LogP contribution < -0.4 is 11.1 Å². The lowest BCUT2D eigenvalue weighted by atomic mass is 10.1. The molecule has 0 aliphatic heterocycles. The second-order valence-electron chi connectivity index (χ2n) is 4.67. The fourth-order valence-electron chi connectivity index (χ4n) is 1.21. The number of benzene rings is 1. The van der Waals surface area contributed by atoms with Gasteiger partial charge in [0.05, 0.1) is 0 Å². The third-order valence-corrected chi connectivity index (χ3v) is 2.16. The smallest absolute Gasteiger partial charge is 0.251 e. The Labute approximate surface area is 95.5 Å². The van der Waals surface area contributed by atoms with E-state index in [1.54, 1.807) is 19.1 Å². The van der Waals surface area contributed by atoms with E-state index in [0.717, 1.165) is 0 Å². The van der Waals surface area contributed by atoms with E-state index in [1.807, 2.05) is 13.8 Å². The zero-order chi connectivity index (χ0) is 12.3. The number of amides is 1. The molecule has 0 heterocycles. The molecule has 0 saturated heterocycles. The zero-order valence-corrected chi connectivity index (χ0v) is 9.87. The SMILES string of the molecule is Cc1cc(C(=O)NCC(C)(C)N)ccc1O. The van der Waals surface area contributed by atoms with Gasteiger partial charge < -0.3 is 16.2 Å². The van der Waals surface area contributed by atoms with Gasteiger partial charge in [-0.05, 0) is 44.5 Å². The summed E-state index contributed by atoms with van der Waals surface area (Å²) in [4.78, 5) is 11.7. The summed E-state index contributed by atoms with van der Waals surface area (Å²) < 4.78 is 0. The third kappa shape index (κ3) is 3.55. The van der Waals surface area contributed by atoms with Crippen LogP contribution in [0.1, 0.15) is 29.8 Å². The molecule has 0 unspecified atom stereocenters. The second kappa shape index (κ2) is 4.53. The number of hydrogen-bond acceptors (Lipinski definition) is 3. The number of aryl methyl sites for hydroxylation is 1. The molecular weight excluding hydrogens is 204 g/mol. The number of hydrogen-bond donors (Lipinski definition) is 3. The molecule has 4 N–H and O–H groups in total. The standard InChI is InChI=1S/C12H18N2O2/c1-8-6-9(4-5-10(8)15)11(16)14-7-12(2,3)13/h4-6,15H,7,13H2,1-3H3,(H,14,16). The molecule has 0 aromatic heterocycles. The van der Waals surface area contributed by atoms with Crippen molar-refractivity contribution in [3.8, 4) is 5.75 Å². The summed E-state index contributed by atoms with van der Waals surface area (Å²) in [5, 5.41) is 12.1. The van der Waals surface area contributed by atoms with Gasteiger partial charge in [0.1, 0.15) is 5.75 Å². The summed E-state index contributed by atoms with van der Waals surface area (Å²) in [7, 11) is 0. The molecule has 0 spiro atoms. The lowest BCUT2D eigenvalue weighted by molar-refractivity contribution is 0.0946. The van der Waals surface area contributed by atoms with E-state index in [9.17, 15) is 9.90 Å². The summed E-state index contributed by atoms with van der Waals surface area (Å²) >= 11 is 0. The molecule has 4 nitrogen and oxygen atoms in total. The Bertz CT molecular complexity index is 394. The van der Waals surface area contributed by atoms with E-state index in [-0.39, 0.29) is 11.7 Å². The largest absolute Gasteiger partial charge is 0.508 e. The number of phenols is 1. The third-order valence-electron chi connectivity index (χ3n) is 2.16. The van der Waals surface area contributed by atoms with Gasteiger partial charge in [0.25, 0.3) is 5.91 Å². The molecule has 0 atom stereocenters. The number of nitrogens with two attached hydrogens (primary N) is 1. The first kappa shape index (κ1) is 12.5. The first-order valence-electron chi connectivity index (χ1n) is 5.16. The van der Waals surface area contributed by atoms with Crippen LogP contribution in [-0.4, -0.2) is 23.1 Å². The number of rotatable bonds is 3. The predicted molar refractivity (Wildman–Crippen MR) is 63.4 cm³/mol. The van der Waals surface area contributed by atoms with Crippen molar-refractivity contribution in [2.75, 3.05) is 6.54 Å². The maximum atomic E-state index is 11.7. The molecule has 1 aromatic carbocycles. The van der Waals surface area contributed by atoms with Gasteiger partial charge in [0.15, 0.2) is 0 Å². The lowest BCUT2D eigenvalue weighted by Gasteiger charge is -2.18. The maximum Gasteiger partial charge on any atom is 0.251 e. The minimum Gasteiger partial charge on any atom is -0.508 e. The Morgan fingerprint density at radius 3 is 2.62 bits per heavy atom. The van der Waals surface area contributed by atoms with Crippen molar-refractivity contribution >= 4 is 5.91 Å². The molecule has 1 amide bonds. The van der Waals surface area contributed by atoms with Crippen LogP contribution >= 0.6 is 0 Å². The van der Waals surface area contributed by atoms with Crippen molar-refractivity contribution in [2.45, 2.75) is 26.3 Å². The Morgan fingerprint density at radius 2 is 2.12 bits per heavy atom. The highest BCUT2D eigenvalue weighted by Gasteiger charge is 2.13. The Hall–Kier alpha value is -1.55. The highest BCUT2D eigenvalue weighted by atomic mass is 16.3. The fourth-order valence-corrected chi connectivity index (χ4v) is 1.21. The number of nitrogens with one attached hydrogen (secondary N) is 1. The van der Waals surface area contributed by atoms with Gasteiger partial charge in [-0.2, -0.15) is 0 Å². The van der Waals surface area contributed by atoms with Crippen LogP contribution in [0.25, 0.3) is 0 Å². The normalized spacial score (nSPS) is 11.2. The zero-order valence-electron chi connectivity index (χ0n) is 9.87. The highest BCUT2D eigenvalue weighted by molar-refractivity contribution is 5.94. The van der Waals surface area contributed by atoms with Gasteiger partial charge in [-0.3, -0.25) is 4.79 Å². The fraction of sp³-hybridized carbons (Fsp3) is 0.417. The van der Waals surface area contributed by atoms with Gasteiger partial charge in [-0.15, -0.1) is 0 Å². The molecule has 16 heavy (non-hydrogen) atoms. The van der Waals surface area contributed by atoms with Crippen LogP contribution in [0.2, 0.25) is 0 Å². The number of carbonyl (C=O) groups excluding carboxylic acids is 1. The van der Waals surface area contributed by atoms with Crippen LogP contribution in [0.3, 0.4) is 0 Å². The lowest BCUT2D eigenvalue weighted by Crippen LogP contribution is -2.45. The molecule has 4 heteroatoms. The summed E-state index contributed by atoms with van der Waals surface area (Å²) in [5.41, 5.74) is 6.54. The first-order valence-corrected chi connectivity index (χ1v) is 5.16. The minimum absolute atomic E-state index is 0.179. The van der Waals surface area contributed by atoms with Gasteiger partial charge in [0, 0.05) is 17.6 Å². The van der Waals surface area contributed by atoms with E-state index in [0.29, 0.717) is 17.7 Å². The average Bonchev–Trinajstić information content (AvgIpc) is 2.17. The van der Waals surface area contributed by atoms with Crippen molar-refractivity contribution < 1.29 is 9.90 Å².